The lowest BCUT2D eigenvalue weighted by molar-refractivity contribution is -0.117. The highest BCUT2D eigenvalue weighted by molar-refractivity contribution is 6.26. The van der Waals surface area contributed by atoms with Gasteiger partial charge >= 0.3 is 0 Å². The molecule has 0 heterocycles. The number of rotatable bonds is 5. The van der Waals surface area contributed by atoms with Gasteiger partial charge in [0.2, 0.25) is 0 Å². The lowest BCUT2D eigenvalue weighted by Gasteiger charge is -2.12. The molecule has 0 atom stereocenters. The lowest BCUT2D eigenvalue weighted by atomic mass is 9.99. The second-order valence-corrected chi connectivity index (χ2v) is 4.54. The maximum absolute atomic E-state index is 12.5. The topological polar surface area (TPSA) is 49.4 Å². The van der Waals surface area contributed by atoms with E-state index in [1.165, 1.54) is 6.20 Å². The Balaban J connectivity index is 3.13. The number of benzene rings is 1. The first kappa shape index (κ1) is 15.5. The fourth-order valence-electron chi connectivity index (χ4n) is 1.68. The van der Waals surface area contributed by atoms with E-state index in [1.54, 1.807) is 31.1 Å². The number of Topliss-reactive ketones (excluding diaryl/α,β-unsaturated/α-hetero) is 1. The third-order valence-electron chi connectivity index (χ3n) is 2.62. The number of carbonyl (C=O) groups is 2. The molecule has 0 radical (unpaired) electrons. The van der Waals surface area contributed by atoms with Crippen LogP contribution in [0, 0.1) is 19.3 Å². The van der Waals surface area contributed by atoms with Crippen molar-refractivity contribution in [2.75, 3.05) is 20.6 Å². The van der Waals surface area contributed by atoms with E-state index >= 15 is 0 Å². The first-order valence-electron chi connectivity index (χ1n) is 6.17. The highest BCUT2D eigenvalue weighted by Gasteiger charge is 2.21. The minimum absolute atomic E-state index is 0.0690. The SMILES string of the molecule is C#CCNC(=O)C(=CN(C)C)C(=O)c1ccccc1C. The Morgan fingerprint density at radius 2 is 2.00 bits per heavy atom. The average Bonchev–Trinajstić information content (AvgIpc) is 2.41. The Hall–Kier alpha value is -2.54. The van der Waals surface area contributed by atoms with Crippen LogP contribution in [0.4, 0.5) is 0 Å². The molecule has 0 fully saturated rings. The zero-order valence-corrected chi connectivity index (χ0v) is 11.9. The summed E-state index contributed by atoms with van der Waals surface area (Å²) in [5, 5.41) is 2.52. The van der Waals surface area contributed by atoms with Crippen LogP contribution in [0.1, 0.15) is 15.9 Å². The average molecular weight is 270 g/mol. The summed E-state index contributed by atoms with van der Waals surface area (Å²) in [4.78, 5) is 26.2. The van der Waals surface area contributed by atoms with Gasteiger partial charge in [0.1, 0.15) is 5.57 Å². The van der Waals surface area contributed by atoms with Crippen LogP contribution in [0.2, 0.25) is 0 Å². The monoisotopic (exact) mass is 270 g/mol. The molecule has 4 nitrogen and oxygen atoms in total. The van der Waals surface area contributed by atoms with E-state index in [9.17, 15) is 9.59 Å². The van der Waals surface area contributed by atoms with Crippen LogP contribution < -0.4 is 5.32 Å². The Kier molecular flexibility index (Phi) is 5.55. The standard InChI is InChI=1S/C16H18N2O2/c1-5-10-17-16(20)14(11-18(3)4)15(19)13-9-7-6-8-12(13)2/h1,6-9,11H,10H2,2-4H3,(H,17,20). The molecule has 0 aliphatic carbocycles. The number of nitrogens with one attached hydrogen (secondary N) is 1. The molecule has 0 saturated heterocycles. The summed E-state index contributed by atoms with van der Waals surface area (Å²) in [6.45, 7) is 1.92. The van der Waals surface area contributed by atoms with Gasteiger partial charge in [-0.2, -0.15) is 0 Å². The van der Waals surface area contributed by atoms with Crippen molar-refractivity contribution < 1.29 is 9.59 Å². The molecule has 0 aliphatic rings. The Bertz CT molecular complexity index is 580. The lowest BCUT2D eigenvalue weighted by Crippen LogP contribution is -2.30. The molecule has 1 amide bonds. The third-order valence-corrected chi connectivity index (χ3v) is 2.62. The van der Waals surface area contributed by atoms with Gasteiger partial charge in [-0.3, -0.25) is 9.59 Å². The minimum atomic E-state index is -0.468. The van der Waals surface area contributed by atoms with Gasteiger partial charge in [-0.25, -0.2) is 0 Å². The number of hydrogen-bond acceptors (Lipinski definition) is 3. The zero-order chi connectivity index (χ0) is 15.1. The van der Waals surface area contributed by atoms with Gasteiger partial charge in [-0.05, 0) is 12.5 Å². The normalized spacial score (nSPS) is 10.6. The molecular weight excluding hydrogens is 252 g/mol. The van der Waals surface area contributed by atoms with E-state index in [1.807, 2.05) is 19.1 Å². The maximum atomic E-state index is 12.5. The van der Waals surface area contributed by atoms with E-state index in [4.69, 9.17) is 6.42 Å². The molecule has 0 aromatic heterocycles. The maximum Gasteiger partial charge on any atom is 0.257 e. The predicted molar refractivity (Wildman–Crippen MR) is 79.1 cm³/mol. The van der Waals surface area contributed by atoms with Gasteiger partial charge in [0.25, 0.3) is 5.91 Å². The van der Waals surface area contributed by atoms with Crippen LogP contribution >= 0.6 is 0 Å². The van der Waals surface area contributed by atoms with Crippen LogP contribution in [0.3, 0.4) is 0 Å². The summed E-state index contributed by atoms with van der Waals surface area (Å²) in [5.74, 6) is 1.53. The second kappa shape index (κ2) is 7.15. The zero-order valence-electron chi connectivity index (χ0n) is 11.9. The molecule has 1 aromatic rings. The van der Waals surface area contributed by atoms with Crippen LogP contribution in [0.15, 0.2) is 36.0 Å². The first-order chi connectivity index (χ1) is 9.47. The largest absolute Gasteiger partial charge is 0.383 e. The number of ketones is 1. The van der Waals surface area contributed by atoms with Gasteiger partial charge in [0.05, 0.1) is 6.54 Å². The quantitative estimate of drug-likeness (QED) is 0.289. The Morgan fingerprint density at radius 1 is 1.35 bits per heavy atom. The number of terminal acetylenes is 1. The number of nitrogens with zero attached hydrogens (tertiary/aromatic N) is 1. The molecule has 4 heteroatoms. The highest BCUT2D eigenvalue weighted by Crippen LogP contribution is 2.13. The molecule has 104 valence electrons. The number of hydrogen-bond donors (Lipinski definition) is 1. The second-order valence-electron chi connectivity index (χ2n) is 4.54. The highest BCUT2D eigenvalue weighted by atomic mass is 16.2. The summed E-state index contributed by atoms with van der Waals surface area (Å²) in [7, 11) is 3.50. The summed E-state index contributed by atoms with van der Waals surface area (Å²) >= 11 is 0. The third kappa shape index (κ3) is 3.99. The van der Waals surface area contributed by atoms with Crippen LogP contribution in [0.5, 0.6) is 0 Å². The number of aryl methyl sites for hydroxylation is 1. The fourth-order valence-corrected chi connectivity index (χ4v) is 1.68. The molecule has 0 unspecified atom stereocenters. The van der Waals surface area contributed by atoms with Crippen LogP contribution in [0.25, 0.3) is 0 Å². The van der Waals surface area contributed by atoms with Crippen molar-refractivity contribution in [2.24, 2.45) is 0 Å². The van der Waals surface area contributed by atoms with Crippen molar-refractivity contribution in [3.05, 3.63) is 47.2 Å². The summed E-state index contributed by atoms with van der Waals surface area (Å²) in [5.41, 5.74) is 1.41. The van der Waals surface area contributed by atoms with Crippen molar-refractivity contribution in [3.63, 3.8) is 0 Å². The number of amides is 1. The molecule has 0 aliphatic heterocycles. The molecule has 1 rings (SSSR count). The molecule has 1 aromatic carbocycles. The van der Waals surface area contributed by atoms with Crippen molar-refractivity contribution in [2.45, 2.75) is 6.92 Å². The van der Waals surface area contributed by atoms with Gasteiger partial charge < -0.3 is 10.2 Å². The van der Waals surface area contributed by atoms with E-state index in [0.29, 0.717) is 5.56 Å². The molecule has 0 spiro atoms. The smallest absolute Gasteiger partial charge is 0.257 e. The number of carbonyl (C=O) groups excluding carboxylic acids is 2. The van der Waals surface area contributed by atoms with Gasteiger partial charge in [0, 0.05) is 25.9 Å². The molecule has 0 bridgehead atoms. The predicted octanol–water partition coefficient (Wildman–Crippen LogP) is 1.37. The van der Waals surface area contributed by atoms with Crippen molar-refractivity contribution in [1.82, 2.24) is 10.2 Å². The van der Waals surface area contributed by atoms with Crippen LogP contribution in [-0.4, -0.2) is 37.2 Å². The van der Waals surface area contributed by atoms with E-state index in [0.717, 1.165) is 5.56 Å². The van der Waals surface area contributed by atoms with Crippen molar-refractivity contribution in [3.8, 4) is 12.3 Å². The Labute approximate surface area is 119 Å². The van der Waals surface area contributed by atoms with E-state index in [-0.39, 0.29) is 17.9 Å². The summed E-state index contributed by atoms with van der Waals surface area (Å²) in [6, 6.07) is 7.15. The Morgan fingerprint density at radius 3 is 2.55 bits per heavy atom. The first-order valence-corrected chi connectivity index (χ1v) is 6.17. The summed E-state index contributed by atoms with van der Waals surface area (Å²) in [6.07, 6.45) is 6.61. The fraction of sp³-hybridized carbons (Fsp3) is 0.250. The molecule has 20 heavy (non-hydrogen) atoms. The van der Waals surface area contributed by atoms with E-state index in [2.05, 4.69) is 11.2 Å². The van der Waals surface area contributed by atoms with E-state index < -0.39 is 5.91 Å². The molecule has 1 N–H and O–H groups in total. The van der Waals surface area contributed by atoms with Gasteiger partial charge in [-0.1, -0.05) is 30.2 Å². The molecular formula is C16H18N2O2. The molecule has 0 saturated carbocycles. The summed E-state index contributed by atoms with van der Waals surface area (Å²) < 4.78 is 0. The van der Waals surface area contributed by atoms with Crippen molar-refractivity contribution in [1.29, 1.82) is 0 Å². The van der Waals surface area contributed by atoms with Gasteiger partial charge in [-0.15, -0.1) is 6.42 Å². The van der Waals surface area contributed by atoms with Crippen LogP contribution in [-0.2, 0) is 4.79 Å². The van der Waals surface area contributed by atoms with Crippen molar-refractivity contribution >= 4 is 11.7 Å². The van der Waals surface area contributed by atoms with Gasteiger partial charge in [0.15, 0.2) is 5.78 Å². The minimum Gasteiger partial charge on any atom is -0.383 e.